The Kier molecular flexibility index (Phi) is 11.7. The molecular formula is C35H37Cl2N3O4S. The molecule has 1 N–H and O–H groups in total. The molecule has 0 radical (unpaired) electrons. The number of hydrogen-bond donors (Lipinski definition) is 1. The highest BCUT2D eigenvalue weighted by Crippen LogP contribution is 2.30. The van der Waals surface area contributed by atoms with Crippen molar-refractivity contribution in [2.24, 2.45) is 0 Å². The Bertz CT molecular complexity index is 1710. The molecule has 0 heterocycles. The summed E-state index contributed by atoms with van der Waals surface area (Å²) < 4.78 is 29.4. The highest BCUT2D eigenvalue weighted by Gasteiger charge is 2.35. The number of carbonyl (C=O) groups excluding carboxylic acids is 2. The van der Waals surface area contributed by atoms with Crippen molar-refractivity contribution in [3.05, 3.63) is 129 Å². The number of sulfonamides is 1. The van der Waals surface area contributed by atoms with Crippen LogP contribution in [0.1, 0.15) is 35.6 Å². The maximum atomic E-state index is 14.6. The predicted molar refractivity (Wildman–Crippen MR) is 181 cm³/mol. The van der Waals surface area contributed by atoms with Crippen molar-refractivity contribution in [1.82, 2.24) is 10.2 Å². The van der Waals surface area contributed by atoms with Gasteiger partial charge in [0.1, 0.15) is 12.6 Å². The summed E-state index contributed by atoms with van der Waals surface area (Å²) in [5.41, 5.74) is 3.29. The fourth-order valence-corrected chi connectivity index (χ4v) is 7.11. The van der Waals surface area contributed by atoms with Gasteiger partial charge >= 0.3 is 0 Å². The average Bonchev–Trinajstić information content (AvgIpc) is 3.02. The van der Waals surface area contributed by atoms with Gasteiger partial charge in [-0.25, -0.2) is 8.42 Å². The summed E-state index contributed by atoms with van der Waals surface area (Å²) >= 11 is 13.1. The van der Waals surface area contributed by atoms with Gasteiger partial charge in [-0.2, -0.15) is 0 Å². The number of amides is 2. The fraction of sp³-hybridized carbons (Fsp3) is 0.257. The lowest BCUT2D eigenvalue weighted by atomic mass is 10.0. The third-order valence-electron chi connectivity index (χ3n) is 7.44. The highest BCUT2D eigenvalue weighted by molar-refractivity contribution is 7.92. The number of nitrogens with zero attached hydrogens (tertiary/aromatic N) is 2. The van der Waals surface area contributed by atoms with Crippen LogP contribution in [0.3, 0.4) is 0 Å². The molecule has 0 saturated heterocycles. The van der Waals surface area contributed by atoms with E-state index in [1.54, 1.807) is 55.5 Å². The van der Waals surface area contributed by atoms with E-state index in [1.807, 2.05) is 50.2 Å². The van der Waals surface area contributed by atoms with Gasteiger partial charge < -0.3 is 10.2 Å². The molecule has 1 unspecified atom stereocenters. The van der Waals surface area contributed by atoms with E-state index >= 15 is 0 Å². The maximum absolute atomic E-state index is 14.6. The van der Waals surface area contributed by atoms with E-state index in [-0.39, 0.29) is 23.8 Å². The maximum Gasteiger partial charge on any atom is 0.264 e. The van der Waals surface area contributed by atoms with Crippen LogP contribution in [0, 0.1) is 13.8 Å². The molecule has 45 heavy (non-hydrogen) atoms. The minimum atomic E-state index is -4.19. The molecule has 0 spiro atoms. The molecule has 7 nitrogen and oxygen atoms in total. The Hall–Kier alpha value is -3.85. The Morgan fingerprint density at radius 3 is 2.07 bits per heavy atom. The molecule has 0 aliphatic rings. The monoisotopic (exact) mass is 665 g/mol. The zero-order chi connectivity index (χ0) is 32.6. The van der Waals surface area contributed by atoms with Crippen molar-refractivity contribution >= 4 is 50.7 Å². The third kappa shape index (κ3) is 8.45. The summed E-state index contributed by atoms with van der Waals surface area (Å²) in [6.07, 6.45) is 0.892. The first-order chi connectivity index (χ1) is 21.5. The van der Waals surface area contributed by atoms with E-state index in [0.717, 1.165) is 15.4 Å². The summed E-state index contributed by atoms with van der Waals surface area (Å²) in [6.45, 7) is 5.40. The molecule has 0 aliphatic carbocycles. The molecular weight excluding hydrogens is 629 g/mol. The largest absolute Gasteiger partial charge is 0.354 e. The molecule has 0 bridgehead atoms. The first-order valence-electron chi connectivity index (χ1n) is 14.7. The summed E-state index contributed by atoms with van der Waals surface area (Å²) in [7, 11) is -4.19. The minimum Gasteiger partial charge on any atom is -0.354 e. The number of aryl methyl sites for hydroxylation is 2. The van der Waals surface area contributed by atoms with Crippen LogP contribution >= 0.6 is 23.2 Å². The van der Waals surface area contributed by atoms with Crippen LogP contribution in [0.2, 0.25) is 10.0 Å². The van der Waals surface area contributed by atoms with Gasteiger partial charge in [0.25, 0.3) is 10.0 Å². The molecule has 4 rings (SSSR count). The average molecular weight is 667 g/mol. The van der Waals surface area contributed by atoms with E-state index in [0.29, 0.717) is 39.8 Å². The Morgan fingerprint density at radius 1 is 0.844 bits per heavy atom. The number of nitrogens with one attached hydrogen (secondary N) is 1. The van der Waals surface area contributed by atoms with Gasteiger partial charge in [0, 0.05) is 35.1 Å². The number of anilines is 1. The second-order valence-electron chi connectivity index (χ2n) is 10.8. The number of halogens is 2. The van der Waals surface area contributed by atoms with Gasteiger partial charge in [-0.3, -0.25) is 13.9 Å². The van der Waals surface area contributed by atoms with Crippen molar-refractivity contribution in [2.45, 2.75) is 51.1 Å². The van der Waals surface area contributed by atoms with Crippen LogP contribution in [-0.2, 0) is 32.6 Å². The Morgan fingerprint density at radius 2 is 1.47 bits per heavy atom. The molecule has 236 valence electrons. The number of carbonyl (C=O) groups is 2. The predicted octanol–water partition coefficient (Wildman–Crippen LogP) is 6.97. The molecule has 0 aromatic heterocycles. The highest BCUT2D eigenvalue weighted by atomic mass is 35.5. The van der Waals surface area contributed by atoms with Crippen molar-refractivity contribution < 1.29 is 18.0 Å². The Balaban J connectivity index is 1.85. The first-order valence-corrected chi connectivity index (χ1v) is 16.9. The van der Waals surface area contributed by atoms with Gasteiger partial charge in [0.2, 0.25) is 11.8 Å². The molecule has 1 atom stereocenters. The summed E-state index contributed by atoms with van der Waals surface area (Å²) in [5, 5.41) is 3.59. The molecule has 4 aromatic rings. The molecule has 0 fully saturated rings. The standard InChI is InChI=1S/C35H37Cl2N3O4S/c1-4-20-38-35(42)33(22-27-12-7-5-8-13-27)39(23-29-30(36)16-11-17-31(29)37)34(41)24-40(32-19-18-25(2)21-26(32)3)45(43,44)28-14-9-6-10-15-28/h5-19,21,33H,4,20,22-24H2,1-3H3,(H,38,42). The fourth-order valence-electron chi connectivity index (χ4n) is 5.09. The summed E-state index contributed by atoms with van der Waals surface area (Å²) in [4.78, 5) is 29.8. The van der Waals surface area contributed by atoms with Crippen LogP contribution in [0.4, 0.5) is 5.69 Å². The van der Waals surface area contributed by atoms with Crippen LogP contribution in [0.15, 0.2) is 102 Å². The SMILES string of the molecule is CCCNC(=O)C(Cc1ccccc1)N(Cc1c(Cl)cccc1Cl)C(=O)CN(c1ccc(C)cc1C)S(=O)(=O)c1ccccc1. The normalized spacial score (nSPS) is 11.9. The van der Waals surface area contributed by atoms with E-state index in [4.69, 9.17) is 23.2 Å². The van der Waals surface area contributed by atoms with Gasteiger partial charge in [-0.1, -0.05) is 102 Å². The van der Waals surface area contributed by atoms with Gasteiger partial charge in [-0.15, -0.1) is 0 Å². The first kappa shape index (κ1) is 34.0. The topological polar surface area (TPSA) is 86.8 Å². The van der Waals surface area contributed by atoms with E-state index < -0.39 is 28.5 Å². The molecule has 0 saturated carbocycles. The molecule has 4 aromatic carbocycles. The second-order valence-corrected chi connectivity index (χ2v) is 13.5. The lowest BCUT2D eigenvalue weighted by Gasteiger charge is -2.34. The Labute approximate surface area is 275 Å². The van der Waals surface area contributed by atoms with Crippen molar-refractivity contribution in [3.8, 4) is 0 Å². The van der Waals surface area contributed by atoms with Crippen molar-refractivity contribution in [2.75, 3.05) is 17.4 Å². The second kappa shape index (κ2) is 15.4. The van der Waals surface area contributed by atoms with E-state index in [2.05, 4.69) is 5.32 Å². The molecule has 0 aliphatic heterocycles. The number of rotatable bonds is 13. The lowest BCUT2D eigenvalue weighted by Crippen LogP contribution is -2.53. The van der Waals surface area contributed by atoms with Gasteiger partial charge in [0.05, 0.1) is 10.6 Å². The van der Waals surface area contributed by atoms with Gasteiger partial charge in [0.15, 0.2) is 0 Å². The number of hydrogen-bond acceptors (Lipinski definition) is 4. The summed E-state index contributed by atoms with van der Waals surface area (Å²) in [5.74, 6) is -0.945. The third-order valence-corrected chi connectivity index (χ3v) is 9.92. The quantitative estimate of drug-likeness (QED) is 0.167. The molecule has 10 heteroatoms. The zero-order valence-electron chi connectivity index (χ0n) is 25.5. The minimum absolute atomic E-state index is 0.0417. The van der Waals surface area contributed by atoms with E-state index in [9.17, 15) is 18.0 Å². The van der Waals surface area contributed by atoms with Gasteiger partial charge in [-0.05, 0) is 61.7 Å². The van der Waals surface area contributed by atoms with Crippen LogP contribution < -0.4 is 9.62 Å². The number of benzene rings is 4. The van der Waals surface area contributed by atoms with Crippen LogP contribution in [0.25, 0.3) is 0 Å². The summed E-state index contributed by atoms with van der Waals surface area (Å²) in [6, 6.07) is 26.7. The molecule has 2 amide bonds. The lowest BCUT2D eigenvalue weighted by molar-refractivity contribution is -0.140. The van der Waals surface area contributed by atoms with Crippen LogP contribution in [-0.4, -0.2) is 44.3 Å². The zero-order valence-corrected chi connectivity index (χ0v) is 27.9. The van der Waals surface area contributed by atoms with Crippen LogP contribution in [0.5, 0.6) is 0 Å². The van der Waals surface area contributed by atoms with E-state index in [1.165, 1.54) is 17.0 Å². The van der Waals surface area contributed by atoms with Crippen molar-refractivity contribution in [1.29, 1.82) is 0 Å². The smallest absolute Gasteiger partial charge is 0.264 e. The van der Waals surface area contributed by atoms with Crippen molar-refractivity contribution in [3.63, 3.8) is 0 Å².